The van der Waals surface area contributed by atoms with E-state index >= 15 is 0 Å². The average Bonchev–Trinajstić information content (AvgIpc) is 3.10. The minimum Gasteiger partial charge on any atom is -0.507 e. The summed E-state index contributed by atoms with van der Waals surface area (Å²) >= 11 is 1.58. The van der Waals surface area contributed by atoms with Gasteiger partial charge in [-0.25, -0.2) is 0 Å². The smallest absolute Gasteiger partial charge is 0.262 e. The lowest BCUT2D eigenvalue weighted by Crippen LogP contribution is -1.91. The van der Waals surface area contributed by atoms with Crippen LogP contribution in [0.2, 0.25) is 0 Å². The van der Waals surface area contributed by atoms with E-state index in [2.05, 4.69) is 15.2 Å². The van der Waals surface area contributed by atoms with Crippen molar-refractivity contribution < 1.29 is 9.63 Å². The predicted octanol–water partition coefficient (Wildman–Crippen LogP) is 3.18. The summed E-state index contributed by atoms with van der Waals surface area (Å²) in [6.07, 6.45) is 3.70. The maximum Gasteiger partial charge on any atom is 0.262 e. The van der Waals surface area contributed by atoms with Crippen LogP contribution in [0.1, 0.15) is 11.1 Å². The maximum absolute atomic E-state index is 9.85. The number of phenolic OH excluding ortho intramolecular Hbond substituents is 1. The lowest BCUT2D eigenvalue weighted by atomic mass is 10.1. The molecule has 3 aromatic rings. The Balaban J connectivity index is 2.04. The Morgan fingerprint density at radius 2 is 1.91 bits per heavy atom. The van der Waals surface area contributed by atoms with Crippen molar-refractivity contribution in [1.29, 1.82) is 0 Å². The van der Waals surface area contributed by atoms with E-state index in [-0.39, 0.29) is 0 Å². The van der Waals surface area contributed by atoms with Gasteiger partial charge in [-0.3, -0.25) is 4.68 Å². The highest BCUT2D eigenvalue weighted by atomic mass is 32.2. The van der Waals surface area contributed by atoms with Crippen molar-refractivity contribution >= 4 is 11.8 Å². The molecule has 0 aliphatic rings. The highest BCUT2D eigenvalue weighted by Crippen LogP contribution is 2.31. The molecule has 0 bridgehead atoms. The Hall–Kier alpha value is -2.28. The van der Waals surface area contributed by atoms with Gasteiger partial charge in [0, 0.05) is 12.6 Å². The topological polar surface area (TPSA) is 77.0 Å². The van der Waals surface area contributed by atoms with Gasteiger partial charge in [-0.15, -0.1) is 11.8 Å². The normalized spacial score (nSPS) is 11.1. The number of phenols is 1. The molecule has 2 aromatic heterocycles. The third kappa shape index (κ3) is 2.37. The van der Waals surface area contributed by atoms with E-state index in [1.165, 1.54) is 0 Å². The van der Waals surface area contributed by atoms with E-state index in [9.17, 15) is 5.11 Å². The molecule has 0 amide bonds. The fourth-order valence-electron chi connectivity index (χ4n) is 2.35. The quantitative estimate of drug-likeness (QED) is 0.748. The van der Waals surface area contributed by atoms with Crippen molar-refractivity contribution in [3.63, 3.8) is 0 Å². The molecule has 0 radical (unpaired) electrons. The van der Waals surface area contributed by atoms with Gasteiger partial charge >= 0.3 is 0 Å². The number of nitrogens with zero attached hydrogens (tertiary/aromatic N) is 4. The maximum atomic E-state index is 9.85. The van der Waals surface area contributed by atoms with Crippen LogP contribution >= 0.6 is 11.8 Å². The van der Waals surface area contributed by atoms with Crippen molar-refractivity contribution in [3.05, 3.63) is 29.5 Å². The Kier molecular flexibility index (Phi) is 3.66. The van der Waals surface area contributed by atoms with E-state index in [1.807, 2.05) is 39.3 Å². The van der Waals surface area contributed by atoms with Crippen LogP contribution in [0.5, 0.6) is 5.75 Å². The highest BCUT2D eigenvalue weighted by Gasteiger charge is 2.18. The third-order valence-corrected chi connectivity index (χ3v) is 4.35. The lowest BCUT2D eigenvalue weighted by Gasteiger charge is -2.04. The van der Waals surface area contributed by atoms with Gasteiger partial charge < -0.3 is 9.63 Å². The van der Waals surface area contributed by atoms with E-state index in [0.29, 0.717) is 17.5 Å². The largest absolute Gasteiger partial charge is 0.507 e. The average molecular weight is 316 g/mol. The molecule has 0 saturated heterocycles. The number of aromatic nitrogens is 4. The van der Waals surface area contributed by atoms with Gasteiger partial charge in [-0.1, -0.05) is 5.16 Å². The van der Waals surface area contributed by atoms with Crippen LogP contribution in [0.15, 0.2) is 27.9 Å². The molecule has 1 aromatic carbocycles. The van der Waals surface area contributed by atoms with Gasteiger partial charge in [0.2, 0.25) is 5.82 Å². The van der Waals surface area contributed by atoms with Gasteiger partial charge in [0.1, 0.15) is 10.8 Å². The summed E-state index contributed by atoms with van der Waals surface area (Å²) in [5, 5.41) is 19.1. The lowest BCUT2D eigenvalue weighted by molar-refractivity contribution is 0.431. The molecule has 114 valence electrons. The number of benzene rings is 1. The van der Waals surface area contributed by atoms with Gasteiger partial charge in [0.25, 0.3) is 5.89 Å². The molecule has 1 N–H and O–H groups in total. The van der Waals surface area contributed by atoms with Crippen LogP contribution in [-0.2, 0) is 7.05 Å². The molecule has 0 saturated carbocycles. The highest BCUT2D eigenvalue weighted by molar-refractivity contribution is 7.98. The monoisotopic (exact) mass is 316 g/mol. The summed E-state index contributed by atoms with van der Waals surface area (Å²) < 4.78 is 7.16. The third-order valence-electron chi connectivity index (χ3n) is 3.48. The van der Waals surface area contributed by atoms with Crippen LogP contribution in [0.4, 0.5) is 0 Å². The Morgan fingerprint density at radius 3 is 2.55 bits per heavy atom. The molecule has 6 nitrogen and oxygen atoms in total. The number of hydrogen-bond donors (Lipinski definition) is 1. The van der Waals surface area contributed by atoms with Gasteiger partial charge in [-0.05, 0) is 43.4 Å². The van der Waals surface area contributed by atoms with E-state index < -0.39 is 0 Å². The Labute approximate surface area is 132 Å². The number of aryl methyl sites for hydroxylation is 3. The molecule has 3 rings (SSSR count). The second kappa shape index (κ2) is 5.49. The first-order valence-corrected chi connectivity index (χ1v) is 7.94. The standard InChI is InChI=1S/C15H16N4O2S/c1-8-5-10(6-9(2)12(8)20)13-17-14(21-18-13)11-7-16-19(3)15(11)22-4/h5-7,20H,1-4H3. The van der Waals surface area contributed by atoms with Gasteiger partial charge in [0.05, 0.1) is 11.8 Å². The van der Waals surface area contributed by atoms with Gasteiger partial charge in [0.15, 0.2) is 0 Å². The van der Waals surface area contributed by atoms with Gasteiger partial charge in [-0.2, -0.15) is 10.1 Å². The number of hydrogen-bond acceptors (Lipinski definition) is 6. The van der Waals surface area contributed by atoms with Crippen molar-refractivity contribution in [3.8, 4) is 28.6 Å². The van der Waals surface area contributed by atoms with E-state index in [1.54, 1.807) is 22.6 Å². The zero-order valence-corrected chi connectivity index (χ0v) is 13.6. The van der Waals surface area contributed by atoms with Crippen molar-refractivity contribution in [2.24, 2.45) is 7.05 Å². The number of thioether (sulfide) groups is 1. The van der Waals surface area contributed by atoms with Crippen LogP contribution in [0.25, 0.3) is 22.8 Å². The van der Waals surface area contributed by atoms with E-state index in [4.69, 9.17) is 4.52 Å². The molecular formula is C15H16N4O2S. The minimum absolute atomic E-state index is 0.296. The molecule has 22 heavy (non-hydrogen) atoms. The summed E-state index contributed by atoms with van der Waals surface area (Å²) in [4.78, 5) is 4.46. The first-order chi connectivity index (χ1) is 10.5. The van der Waals surface area contributed by atoms with Crippen molar-refractivity contribution in [2.75, 3.05) is 6.26 Å². The van der Waals surface area contributed by atoms with Crippen molar-refractivity contribution in [2.45, 2.75) is 18.9 Å². The predicted molar refractivity (Wildman–Crippen MR) is 84.9 cm³/mol. The van der Waals surface area contributed by atoms with Crippen LogP contribution in [0.3, 0.4) is 0 Å². The number of aromatic hydroxyl groups is 1. The fourth-order valence-corrected chi connectivity index (χ4v) is 3.02. The molecule has 7 heteroatoms. The SMILES string of the molecule is CSc1c(-c2nc(-c3cc(C)c(O)c(C)c3)no2)cnn1C. The second-order valence-corrected chi connectivity index (χ2v) is 5.87. The fraction of sp³-hybridized carbons (Fsp3) is 0.267. The van der Waals surface area contributed by atoms with E-state index in [0.717, 1.165) is 27.3 Å². The molecule has 0 aliphatic heterocycles. The number of rotatable bonds is 3. The minimum atomic E-state index is 0.296. The summed E-state index contributed by atoms with van der Waals surface area (Å²) in [7, 11) is 1.87. The summed E-state index contributed by atoms with van der Waals surface area (Å²) in [6, 6.07) is 3.69. The molecular weight excluding hydrogens is 300 g/mol. The molecule has 0 aliphatic carbocycles. The second-order valence-electron chi connectivity index (χ2n) is 5.07. The van der Waals surface area contributed by atoms with Crippen LogP contribution < -0.4 is 0 Å². The summed E-state index contributed by atoms with van der Waals surface area (Å²) in [6.45, 7) is 3.69. The molecule has 0 spiro atoms. The molecule has 0 unspecified atom stereocenters. The van der Waals surface area contributed by atoms with Crippen LogP contribution in [-0.4, -0.2) is 31.3 Å². The van der Waals surface area contributed by atoms with Crippen LogP contribution in [0, 0.1) is 13.8 Å². The zero-order chi connectivity index (χ0) is 15.9. The first kappa shape index (κ1) is 14.6. The first-order valence-electron chi connectivity index (χ1n) is 6.72. The molecule has 0 fully saturated rings. The molecule has 0 atom stereocenters. The summed E-state index contributed by atoms with van der Waals surface area (Å²) in [5.74, 6) is 1.23. The van der Waals surface area contributed by atoms with Crippen molar-refractivity contribution in [1.82, 2.24) is 19.9 Å². The zero-order valence-electron chi connectivity index (χ0n) is 12.8. The Bertz CT molecular complexity index is 815. The molecule has 2 heterocycles. The summed E-state index contributed by atoms with van der Waals surface area (Å²) in [5.41, 5.74) is 3.21. The Morgan fingerprint density at radius 1 is 1.23 bits per heavy atom.